The molecule has 2 heterocycles. The number of rotatable bonds is 0. The predicted octanol–water partition coefficient (Wildman–Crippen LogP) is 3.42. The first-order chi connectivity index (χ1) is 8.08. The molecule has 1 aromatic carbocycles. The van der Waals surface area contributed by atoms with Crippen LogP contribution < -0.4 is 4.57 Å². The van der Waals surface area contributed by atoms with Crippen LogP contribution in [0, 0.1) is 6.92 Å². The summed E-state index contributed by atoms with van der Waals surface area (Å²) in [5, 5.41) is 1.97. The zero-order valence-corrected chi connectivity index (χ0v) is 10.8. The lowest BCUT2D eigenvalue weighted by atomic mass is 10.2. The van der Waals surface area contributed by atoms with E-state index in [0.717, 1.165) is 27.9 Å². The number of aryl methyl sites for hydroxylation is 2. The fourth-order valence-electron chi connectivity index (χ4n) is 1.94. The predicted molar refractivity (Wildman–Crippen MR) is 67.4 cm³/mol. The van der Waals surface area contributed by atoms with Gasteiger partial charge in [-0.1, -0.05) is 23.2 Å². The lowest BCUT2D eigenvalue weighted by molar-refractivity contribution is -0.657. The summed E-state index contributed by atoms with van der Waals surface area (Å²) in [6.45, 7) is 1.88. The normalized spacial score (nSPS) is 11.5. The first-order valence-corrected chi connectivity index (χ1v) is 5.87. The van der Waals surface area contributed by atoms with Gasteiger partial charge in [0, 0.05) is 5.02 Å². The maximum atomic E-state index is 6.17. The second-order valence-corrected chi connectivity index (χ2v) is 4.72. The van der Waals surface area contributed by atoms with Crippen LogP contribution >= 0.6 is 23.2 Å². The van der Waals surface area contributed by atoms with Gasteiger partial charge in [-0.05, 0) is 18.2 Å². The quantitative estimate of drug-likeness (QED) is 0.462. The number of nitrogens with zero attached hydrogens (tertiary/aromatic N) is 2. The minimum atomic E-state index is 0.439. The Bertz CT molecular complexity index is 749. The van der Waals surface area contributed by atoms with E-state index in [-0.39, 0.29) is 0 Å². The van der Waals surface area contributed by atoms with Crippen molar-refractivity contribution in [1.82, 2.24) is 4.98 Å². The number of fused-ring (bicyclic) bond motifs is 3. The van der Waals surface area contributed by atoms with Crippen LogP contribution in [0.25, 0.3) is 22.0 Å². The van der Waals surface area contributed by atoms with Gasteiger partial charge in [0.25, 0.3) is 5.52 Å². The van der Waals surface area contributed by atoms with Crippen molar-refractivity contribution in [1.29, 1.82) is 0 Å². The lowest BCUT2D eigenvalue weighted by Crippen LogP contribution is -2.29. The third-order valence-corrected chi connectivity index (χ3v) is 3.39. The van der Waals surface area contributed by atoms with Crippen LogP contribution in [0.15, 0.2) is 22.6 Å². The summed E-state index contributed by atoms with van der Waals surface area (Å²) in [4.78, 5) is 4.35. The summed E-state index contributed by atoms with van der Waals surface area (Å²) in [7, 11) is 1.89. The summed E-state index contributed by atoms with van der Waals surface area (Å²) in [5.74, 6) is 0.774. The average Bonchev–Trinajstić information content (AvgIpc) is 2.58. The lowest BCUT2D eigenvalue weighted by Gasteiger charge is -1.97. The van der Waals surface area contributed by atoms with E-state index in [0.29, 0.717) is 10.2 Å². The van der Waals surface area contributed by atoms with Crippen LogP contribution in [0.1, 0.15) is 5.89 Å². The highest BCUT2D eigenvalue weighted by molar-refractivity contribution is 6.35. The maximum absolute atomic E-state index is 6.17. The van der Waals surface area contributed by atoms with Crippen molar-refractivity contribution < 1.29 is 8.98 Å². The SMILES string of the molecule is Cc1oc2c3cc(Cl)ccc3nc(Cl)c2[n+]1C. The smallest absolute Gasteiger partial charge is 0.344 e. The van der Waals surface area contributed by atoms with Crippen molar-refractivity contribution in [2.24, 2.45) is 7.05 Å². The van der Waals surface area contributed by atoms with E-state index in [1.165, 1.54) is 0 Å². The monoisotopic (exact) mass is 267 g/mol. The highest BCUT2D eigenvalue weighted by Gasteiger charge is 2.22. The van der Waals surface area contributed by atoms with Crippen LogP contribution in [0.4, 0.5) is 0 Å². The zero-order chi connectivity index (χ0) is 12.2. The van der Waals surface area contributed by atoms with Gasteiger partial charge >= 0.3 is 5.89 Å². The van der Waals surface area contributed by atoms with Crippen molar-refractivity contribution in [2.75, 3.05) is 0 Å². The Hall–Kier alpha value is -1.32. The molecule has 17 heavy (non-hydrogen) atoms. The standard InChI is InChI=1S/C12H9Cl2N2O/c1-6-16(2)10-11(17-6)8-5-7(13)3-4-9(8)15-12(10)14/h3-5H,1-2H3/q+1. The van der Waals surface area contributed by atoms with Crippen LogP contribution in [0.3, 0.4) is 0 Å². The Morgan fingerprint density at radius 1 is 1.29 bits per heavy atom. The molecule has 3 aromatic rings. The van der Waals surface area contributed by atoms with Crippen LogP contribution in [-0.4, -0.2) is 4.98 Å². The maximum Gasteiger partial charge on any atom is 0.344 e. The molecule has 86 valence electrons. The van der Waals surface area contributed by atoms with Crippen LogP contribution in [-0.2, 0) is 7.05 Å². The molecular formula is C12H9Cl2N2O+. The van der Waals surface area contributed by atoms with Crippen LogP contribution in [0.5, 0.6) is 0 Å². The molecule has 0 radical (unpaired) electrons. The minimum Gasteiger partial charge on any atom is -0.401 e. The number of benzene rings is 1. The topological polar surface area (TPSA) is 29.9 Å². The Labute approximate surface area is 108 Å². The van der Waals surface area contributed by atoms with Gasteiger partial charge < -0.3 is 4.42 Å². The van der Waals surface area contributed by atoms with E-state index < -0.39 is 0 Å². The molecular weight excluding hydrogens is 259 g/mol. The van der Waals surface area contributed by atoms with Gasteiger partial charge in [0.05, 0.1) is 17.8 Å². The number of hydrogen-bond donors (Lipinski definition) is 0. The summed E-state index contributed by atoms with van der Waals surface area (Å²) in [6, 6.07) is 5.46. The van der Waals surface area contributed by atoms with Gasteiger partial charge in [0.2, 0.25) is 10.7 Å². The molecule has 0 atom stereocenters. The summed E-state index contributed by atoms with van der Waals surface area (Å²) >= 11 is 12.2. The molecule has 0 N–H and O–H groups in total. The Morgan fingerprint density at radius 3 is 2.82 bits per heavy atom. The molecule has 0 bridgehead atoms. The third kappa shape index (κ3) is 1.50. The average molecular weight is 268 g/mol. The van der Waals surface area contributed by atoms with Gasteiger partial charge in [-0.25, -0.2) is 4.98 Å². The van der Waals surface area contributed by atoms with Crippen molar-refractivity contribution in [3.05, 3.63) is 34.3 Å². The largest absolute Gasteiger partial charge is 0.401 e. The molecule has 0 aliphatic rings. The number of halogens is 2. The first kappa shape index (κ1) is 10.8. The van der Waals surface area contributed by atoms with Gasteiger partial charge in [0.15, 0.2) is 0 Å². The van der Waals surface area contributed by atoms with Crippen molar-refractivity contribution in [2.45, 2.75) is 6.92 Å². The summed E-state index contributed by atoms with van der Waals surface area (Å²) in [6.07, 6.45) is 0. The Balaban J connectivity index is 2.62. The second-order valence-electron chi connectivity index (χ2n) is 3.92. The molecule has 0 spiro atoms. The fourth-order valence-corrected chi connectivity index (χ4v) is 2.41. The molecule has 0 amide bonds. The van der Waals surface area contributed by atoms with Gasteiger partial charge in [-0.15, -0.1) is 0 Å². The number of oxazole rings is 1. The third-order valence-electron chi connectivity index (χ3n) is 2.89. The van der Waals surface area contributed by atoms with Crippen molar-refractivity contribution in [3.63, 3.8) is 0 Å². The Kier molecular flexibility index (Phi) is 2.28. The van der Waals surface area contributed by atoms with Crippen molar-refractivity contribution in [3.8, 4) is 0 Å². The molecule has 3 nitrogen and oxygen atoms in total. The molecule has 0 saturated carbocycles. The summed E-state index contributed by atoms with van der Waals surface area (Å²) < 4.78 is 7.61. The molecule has 2 aromatic heterocycles. The molecule has 0 saturated heterocycles. The summed E-state index contributed by atoms with van der Waals surface area (Å²) in [5.41, 5.74) is 2.29. The highest BCUT2D eigenvalue weighted by Crippen LogP contribution is 2.29. The molecule has 0 aliphatic carbocycles. The van der Waals surface area contributed by atoms with E-state index in [1.807, 2.05) is 30.7 Å². The van der Waals surface area contributed by atoms with E-state index >= 15 is 0 Å². The Morgan fingerprint density at radius 2 is 2.06 bits per heavy atom. The molecule has 3 rings (SSSR count). The number of aromatic nitrogens is 2. The molecule has 0 fully saturated rings. The van der Waals surface area contributed by atoms with Gasteiger partial charge in [0.1, 0.15) is 7.05 Å². The number of hydrogen-bond acceptors (Lipinski definition) is 2. The molecule has 0 unspecified atom stereocenters. The highest BCUT2D eigenvalue weighted by atomic mass is 35.5. The zero-order valence-electron chi connectivity index (χ0n) is 9.29. The van der Waals surface area contributed by atoms with Gasteiger partial charge in [-0.2, -0.15) is 4.57 Å². The number of pyridine rings is 1. The van der Waals surface area contributed by atoms with E-state index in [1.54, 1.807) is 6.07 Å². The second kappa shape index (κ2) is 3.59. The van der Waals surface area contributed by atoms with Crippen molar-refractivity contribution >= 4 is 45.2 Å². The minimum absolute atomic E-state index is 0.439. The van der Waals surface area contributed by atoms with E-state index in [2.05, 4.69) is 4.98 Å². The fraction of sp³-hybridized carbons (Fsp3) is 0.167. The molecule has 0 aliphatic heterocycles. The van der Waals surface area contributed by atoms with E-state index in [9.17, 15) is 0 Å². The van der Waals surface area contributed by atoms with Crippen LogP contribution in [0.2, 0.25) is 10.2 Å². The first-order valence-electron chi connectivity index (χ1n) is 5.12. The van der Waals surface area contributed by atoms with Gasteiger partial charge in [-0.3, -0.25) is 0 Å². The van der Waals surface area contributed by atoms with E-state index in [4.69, 9.17) is 27.6 Å². The molecule has 5 heteroatoms.